The highest BCUT2D eigenvalue weighted by molar-refractivity contribution is 5.38. The number of aromatic nitrogens is 3. The lowest BCUT2D eigenvalue weighted by atomic mass is 10.1. The molecule has 0 radical (unpaired) electrons. The molecule has 2 aromatic heterocycles. The van der Waals surface area contributed by atoms with Gasteiger partial charge in [-0.1, -0.05) is 6.07 Å². The van der Waals surface area contributed by atoms with E-state index >= 15 is 0 Å². The van der Waals surface area contributed by atoms with Crippen LogP contribution in [-0.4, -0.2) is 34.1 Å². The Labute approximate surface area is 113 Å². The quantitative estimate of drug-likeness (QED) is 0.873. The van der Waals surface area contributed by atoms with E-state index in [2.05, 4.69) is 31.2 Å². The number of rotatable bonds is 4. The highest BCUT2D eigenvalue weighted by atomic mass is 15.2. The van der Waals surface area contributed by atoms with E-state index in [-0.39, 0.29) is 0 Å². The molecule has 100 valence electrons. The maximum absolute atomic E-state index is 4.40. The van der Waals surface area contributed by atoms with Gasteiger partial charge >= 0.3 is 0 Å². The number of aromatic amines is 1. The molecule has 2 aromatic rings. The van der Waals surface area contributed by atoms with Crippen molar-refractivity contribution in [3.8, 4) is 0 Å². The van der Waals surface area contributed by atoms with Gasteiger partial charge in [0, 0.05) is 37.7 Å². The van der Waals surface area contributed by atoms with E-state index in [1.54, 1.807) is 6.20 Å². The molecular formula is C14H19N5. The standard InChI is InChI=1S/C14H19N5/c1-2-6-17-14(3-1)19-9-4-12(5-10-19)18-11-13-15-7-8-16-13/h1-3,6-8,12,18H,4-5,9-11H2,(H,15,16). The molecular weight excluding hydrogens is 238 g/mol. The van der Waals surface area contributed by atoms with E-state index in [0.717, 1.165) is 44.1 Å². The Morgan fingerprint density at radius 1 is 1.21 bits per heavy atom. The topological polar surface area (TPSA) is 56.8 Å². The first kappa shape index (κ1) is 12.2. The van der Waals surface area contributed by atoms with E-state index in [1.807, 2.05) is 24.5 Å². The summed E-state index contributed by atoms with van der Waals surface area (Å²) in [7, 11) is 0. The molecule has 1 saturated heterocycles. The van der Waals surface area contributed by atoms with Crippen LogP contribution in [0.5, 0.6) is 0 Å². The third-order valence-corrected chi connectivity index (χ3v) is 3.58. The van der Waals surface area contributed by atoms with Crippen LogP contribution < -0.4 is 10.2 Å². The van der Waals surface area contributed by atoms with Crippen molar-refractivity contribution in [2.24, 2.45) is 0 Å². The first-order valence-corrected chi connectivity index (χ1v) is 6.79. The van der Waals surface area contributed by atoms with Gasteiger partial charge in [-0.25, -0.2) is 9.97 Å². The number of pyridine rings is 1. The van der Waals surface area contributed by atoms with Gasteiger partial charge in [0.05, 0.1) is 6.54 Å². The lowest BCUT2D eigenvalue weighted by Crippen LogP contribution is -2.42. The lowest BCUT2D eigenvalue weighted by Gasteiger charge is -2.33. The molecule has 2 N–H and O–H groups in total. The molecule has 3 heterocycles. The Bertz CT molecular complexity index is 474. The number of imidazole rings is 1. The van der Waals surface area contributed by atoms with Gasteiger partial charge in [0.2, 0.25) is 0 Å². The summed E-state index contributed by atoms with van der Waals surface area (Å²) >= 11 is 0. The minimum absolute atomic E-state index is 0.574. The maximum Gasteiger partial charge on any atom is 0.128 e. The van der Waals surface area contributed by atoms with Crippen molar-refractivity contribution in [3.05, 3.63) is 42.6 Å². The number of hydrogen-bond acceptors (Lipinski definition) is 4. The predicted octanol–water partition coefficient (Wildman–Crippen LogP) is 1.56. The molecule has 0 unspecified atom stereocenters. The molecule has 1 fully saturated rings. The summed E-state index contributed by atoms with van der Waals surface area (Å²) in [6.45, 7) is 2.95. The molecule has 3 rings (SSSR count). The Morgan fingerprint density at radius 2 is 2.11 bits per heavy atom. The molecule has 5 heteroatoms. The summed E-state index contributed by atoms with van der Waals surface area (Å²) in [6.07, 6.45) is 7.81. The average molecular weight is 257 g/mol. The minimum Gasteiger partial charge on any atom is -0.357 e. The van der Waals surface area contributed by atoms with Crippen molar-refractivity contribution in [2.45, 2.75) is 25.4 Å². The second-order valence-electron chi connectivity index (χ2n) is 4.87. The Morgan fingerprint density at radius 3 is 2.79 bits per heavy atom. The van der Waals surface area contributed by atoms with Crippen molar-refractivity contribution >= 4 is 5.82 Å². The molecule has 0 bridgehead atoms. The first-order chi connectivity index (χ1) is 9.42. The van der Waals surface area contributed by atoms with E-state index in [1.165, 1.54) is 0 Å². The van der Waals surface area contributed by atoms with Gasteiger partial charge in [0.1, 0.15) is 11.6 Å². The van der Waals surface area contributed by atoms with Crippen LogP contribution in [0.3, 0.4) is 0 Å². The van der Waals surface area contributed by atoms with Gasteiger partial charge in [0.25, 0.3) is 0 Å². The third-order valence-electron chi connectivity index (χ3n) is 3.58. The fourth-order valence-electron chi connectivity index (χ4n) is 2.49. The van der Waals surface area contributed by atoms with Gasteiger partial charge in [-0.2, -0.15) is 0 Å². The third kappa shape index (κ3) is 3.12. The fourth-order valence-corrected chi connectivity index (χ4v) is 2.49. The van der Waals surface area contributed by atoms with E-state index < -0.39 is 0 Å². The summed E-state index contributed by atoms with van der Waals surface area (Å²) in [6, 6.07) is 6.66. The largest absolute Gasteiger partial charge is 0.357 e. The molecule has 1 aliphatic rings. The summed E-state index contributed by atoms with van der Waals surface area (Å²) in [5.74, 6) is 2.10. The first-order valence-electron chi connectivity index (χ1n) is 6.79. The van der Waals surface area contributed by atoms with Crippen LogP contribution in [-0.2, 0) is 6.54 Å². The molecule has 1 aliphatic heterocycles. The number of hydrogen-bond donors (Lipinski definition) is 2. The van der Waals surface area contributed by atoms with Crippen LogP contribution in [0.2, 0.25) is 0 Å². The fraction of sp³-hybridized carbons (Fsp3) is 0.429. The number of piperidine rings is 1. The van der Waals surface area contributed by atoms with Gasteiger partial charge in [-0.05, 0) is 25.0 Å². The van der Waals surface area contributed by atoms with Crippen LogP contribution in [0.1, 0.15) is 18.7 Å². The summed E-state index contributed by atoms with van der Waals surface area (Å²) in [4.78, 5) is 14.1. The summed E-state index contributed by atoms with van der Waals surface area (Å²) < 4.78 is 0. The average Bonchev–Trinajstić information content (AvgIpc) is 3.00. The monoisotopic (exact) mass is 257 g/mol. The highest BCUT2D eigenvalue weighted by Gasteiger charge is 2.19. The number of nitrogens with zero attached hydrogens (tertiary/aromatic N) is 3. The van der Waals surface area contributed by atoms with E-state index in [0.29, 0.717) is 6.04 Å². The summed E-state index contributed by atoms with van der Waals surface area (Å²) in [5.41, 5.74) is 0. The zero-order valence-corrected chi connectivity index (χ0v) is 10.9. The van der Waals surface area contributed by atoms with Crippen LogP contribution in [0, 0.1) is 0 Å². The smallest absolute Gasteiger partial charge is 0.128 e. The predicted molar refractivity (Wildman–Crippen MR) is 74.9 cm³/mol. The number of anilines is 1. The van der Waals surface area contributed by atoms with Crippen LogP contribution >= 0.6 is 0 Å². The van der Waals surface area contributed by atoms with Crippen molar-refractivity contribution in [1.29, 1.82) is 0 Å². The molecule has 0 amide bonds. The molecule has 0 saturated carbocycles. The molecule has 5 nitrogen and oxygen atoms in total. The highest BCUT2D eigenvalue weighted by Crippen LogP contribution is 2.17. The van der Waals surface area contributed by atoms with Gasteiger partial charge in [-0.15, -0.1) is 0 Å². The second-order valence-corrected chi connectivity index (χ2v) is 4.87. The second kappa shape index (κ2) is 5.84. The van der Waals surface area contributed by atoms with Gasteiger partial charge in [0.15, 0.2) is 0 Å². The molecule has 0 spiro atoms. The zero-order chi connectivity index (χ0) is 12.9. The Balaban J connectivity index is 1.47. The number of H-pyrrole nitrogens is 1. The van der Waals surface area contributed by atoms with Crippen LogP contribution in [0.15, 0.2) is 36.8 Å². The Hall–Kier alpha value is -1.88. The van der Waals surface area contributed by atoms with Crippen molar-refractivity contribution in [2.75, 3.05) is 18.0 Å². The maximum atomic E-state index is 4.40. The van der Waals surface area contributed by atoms with Gasteiger partial charge in [-0.3, -0.25) is 0 Å². The molecule has 0 aromatic carbocycles. The van der Waals surface area contributed by atoms with Crippen molar-refractivity contribution in [3.63, 3.8) is 0 Å². The van der Waals surface area contributed by atoms with E-state index in [4.69, 9.17) is 0 Å². The van der Waals surface area contributed by atoms with E-state index in [9.17, 15) is 0 Å². The zero-order valence-electron chi connectivity index (χ0n) is 10.9. The van der Waals surface area contributed by atoms with Crippen LogP contribution in [0.25, 0.3) is 0 Å². The molecule has 19 heavy (non-hydrogen) atoms. The van der Waals surface area contributed by atoms with Gasteiger partial charge < -0.3 is 15.2 Å². The summed E-state index contributed by atoms with van der Waals surface area (Å²) in [5, 5.41) is 3.56. The lowest BCUT2D eigenvalue weighted by molar-refractivity contribution is 0.409. The number of nitrogens with one attached hydrogen (secondary N) is 2. The molecule has 0 aliphatic carbocycles. The van der Waals surface area contributed by atoms with Crippen molar-refractivity contribution in [1.82, 2.24) is 20.3 Å². The Kier molecular flexibility index (Phi) is 3.74. The van der Waals surface area contributed by atoms with Crippen LogP contribution in [0.4, 0.5) is 5.82 Å². The SMILES string of the molecule is c1ccc(N2CCC(NCc3ncc[nH]3)CC2)nc1. The van der Waals surface area contributed by atoms with Crippen molar-refractivity contribution < 1.29 is 0 Å². The normalized spacial score (nSPS) is 16.7. The molecule has 0 atom stereocenters. The minimum atomic E-state index is 0.574.